The van der Waals surface area contributed by atoms with E-state index in [4.69, 9.17) is 0 Å². The molecule has 1 aliphatic heterocycles. The van der Waals surface area contributed by atoms with Crippen LogP contribution in [0, 0.1) is 0 Å². The van der Waals surface area contributed by atoms with Gasteiger partial charge in [0.15, 0.2) is 0 Å². The van der Waals surface area contributed by atoms with E-state index in [1.807, 2.05) is 0 Å². The number of nitrogens with one attached hydrogen (secondary N) is 1. The second-order valence-electron chi connectivity index (χ2n) is 5.44. The van der Waals surface area contributed by atoms with Gasteiger partial charge in [-0.15, -0.1) is 0 Å². The molecule has 98 valence electrons. The van der Waals surface area contributed by atoms with Crippen molar-refractivity contribution in [1.82, 2.24) is 5.32 Å². The minimum absolute atomic E-state index is 0.666. The van der Waals surface area contributed by atoms with Crippen molar-refractivity contribution in [2.24, 2.45) is 0 Å². The van der Waals surface area contributed by atoms with Crippen LogP contribution >= 0.6 is 11.8 Å². The van der Waals surface area contributed by atoms with Crippen LogP contribution in [0.3, 0.4) is 0 Å². The van der Waals surface area contributed by atoms with Crippen LogP contribution in [0.2, 0.25) is 0 Å². The summed E-state index contributed by atoms with van der Waals surface area (Å²) in [4.78, 5) is 2.54. The lowest BCUT2D eigenvalue weighted by Crippen LogP contribution is -2.40. The van der Waals surface area contributed by atoms with E-state index in [0.717, 1.165) is 12.6 Å². The molecule has 1 aromatic carbocycles. The highest BCUT2D eigenvalue weighted by atomic mass is 32.2. The van der Waals surface area contributed by atoms with E-state index in [0.29, 0.717) is 6.04 Å². The molecule has 0 bridgehead atoms. The Kier molecular flexibility index (Phi) is 3.80. The van der Waals surface area contributed by atoms with Gasteiger partial charge in [0.25, 0.3) is 0 Å². The molecular formula is C15H22N2S. The molecule has 0 amide bonds. The lowest BCUT2D eigenvalue weighted by molar-refractivity contribution is 0.685. The molecule has 0 aromatic heterocycles. The average molecular weight is 262 g/mol. The van der Waals surface area contributed by atoms with Gasteiger partial charge in [0, 0.05) is 42.4 Å². The van der Waals surface area contributed by atoms with Gasteiger partial charge in [-0.25, -0.2) is 0 Å². The molecule has 0 radical (unpaired) electrons. The van der Waals surface area contributed by atoms with Crippen molar-refractivity contribution in [2.45, 2.75) is 38.4 Å². The first-order chi connectivity index (χ1) is 8.83. The molecule has 1 unspecified atom stereocenters. The molecule has 1 saturated carbocycles. The van der Waals surface area contributed by atoms with E-state index < -0.39 is 0 Å². The van der Waals surface area contributed by atoms with Crippen molar-refractivity contribution < 1.29 is 0 Å². The number of benzene rings is 1. The normalized spacial score (nSPS) is 24.3. The highest BCUT2D eigenvalue weighted by Crippen LogP contribution is 2.24. The van der Waals surface area contributed by atoms with Crippen molar-refractivity contribution in [3.63, 3.8) is 0 Å². The molecule has 1 aliphatic carbocycles. The Morgan fingerprint density at radius 3 is 2.72 bits per heavy atom. The summed E-state index contributed by atoms with van der Waals surface area (Å²) in [5, 5.41) is 3.56. The lowest BCUT2D eigenvalue weighted by Gasteiger charge is -2.35. The zero-order valence-corrected chi connectivity index (χ0v) is 11.9. The van der Waals surface area contributed by atoms with Crippen LogP contribution in [0.4, 0.5) is 5.69 Å². The highest BCUT2D eigenvalue weighted by Gasteiger charge is 2.20. The summed E-state index contributed by atoms with van der Waals surface area (Å²) < 4.78 is 0. The third-order valence-electron chi connectivity index (χ3n) is 3.81. The van der Waals surface area contributed by atoms with Gasteiger partial charge >= 0.3 is 0 Å². The molecule has 18 heavy (non-hydrogen) atoms. The van der Waals surface area contributed by atoms with E-state index in [2.05, 4.69) is 53.2 Å². The molecule has 1 aromatic rings. The Balaban J connectivity index is 1.61. The molecule has 1 N–H and O–H groups in total. The van der Waals surface area contributed by atoms with Crippen LogP contribution in [0.1, 0.15) is 25.3 Å². The van der Waals surface area contributed by atoms with Gasteiger partial charge in [0.1, 0.15) is 0 Å². The minimum Gasteiger partial charge on any atom is -0.367 e. The van der Waals surface area contributed by atoms with Crippen molar-refractivity contribution in [1.29, 1.82) is 0 Å². The molecule has 0 spiro atoms. The maximum atomic E-state index is 3.56. The monoisotopic (exact) mass is 262 g/mol. The molecule has 2 nitrogen and oxygen atoms in total. The first kappa shape index (κ1) is 12.4. The summed E-state index contributed by atoms with van der Waals surface area (Å²) in [5.41, 5.74) is 2.79. The molecule has 1 atom stereocenters. The molecule has 2 fully saturated rings. The van der Waals surface area contributed by atoms with Crippen LogP contribution in [0.5, 0.6) is 0 Å². The smallest absolute Gasteiger partial charge is 0.0369 e. The summed E-state index contributed by atoms with van der Waals surface area (Å²) in [6.07, 6.45) is 2.72. The Hall–Kier alpha value is -0.670. The fourth-order valence-electron chi connectivity index (χ4n) is 2.47. The molecule has 1 saturated heterocycles. The van der Waals surface area contributed by atoms with Gasteiger partial charge in [0.2, 0.25) is 0 Å². The zero-order valence-electron chi connectivity index (χ0n) is 11.1. The average Bonchev–Trinajstić information content (AvgIpc) is 3.22. The van der Waals surface area contributed by atoms with Gasteiger partial charge < -0.3 is 10.2 Å². The van der Waals surface area contributed by atoms with E-state index in [1.165, 1.54) is 42.1 Å². The largest absolute Gasteiger partial charge is 0.367 e. The molecule has 1 heterocycles. The third-order valence-corrected chi connectivity index (χ3v) is 5.00. The van der Waals surface area contributed by atoms with Crippen molar-refractivity contribution in [3.05, 3.63) is 29.8 Å². The van der Waals surface area contributed by atoms with E-state index in [1.54, 1.807) is 0 Å². The van der Waals surface area contributed by atoms with Crippen molar-refractivity contribution in [2.75, 3.05) is 23.0 Å². The summed E-state index contributed by atoms with van der Waals surface area (Å²) in [6.45, 7) is 4.54. The predicted octanol–water partition coefficient (Wildman–Crippen LogP) is 2.88. The first-order valence-corrected chi connectivity index (χ1v) is 8.15. The molecule has 2 aliphatic rings. The standard InChI is InChI=1S/C15H22N2S/c1-12-11-18-9-8-17(12)15-6-2-13(3-7-15)10-16-14-4-5-14/h2-3,6-7,12,14,16H,4-5,8-11H2,1H3. The second-order valence-corrected chi connectivity index (χ2v) is 6.59. The highest BCUT2D eigenvalue weighted by molar-refractivity contribution is 7.99. The topological polar surface area (TPSA) is 15.3 Å². The summed E-state index contributed by atoms with van der Waals surface area (Å²) >= 11 is 2.07. The number of anilines is 1. The van der Waals surface area contributed by atoms with Gasteiger partial charge in [-0.3, -0.25) is 0 Å². The fourth-order valence-corrected chi connectivity index (χ4v) is 3.48. The van der Waals surface area contributed by atoms with Crippen molar-refractivity contribution >= 4 is 17.4 Å². The Morgan fingerprint density at radius 2 is 2.06 bits per heavy atom. The van der Waals surface area contributed by atoms with Crippen LogP contribution in [0.25, 0.3) is 0 Å². The van der Waals surface area contributed by atoms with Gasteiger partial charge in [-0.1, -0.05) is 12.1 Å². The maximum Gasteiger partial charge on any atom is 0.0369 e. The summed E-state index contributed by atoms with van der Waals surface area (Å²) in [5.74, 6) is 2.51. The summed E-state index contributed by atoms with van der Waals surface area (Å²) in [7, 11) is 0. The van der Waals surface area contributed by atoms with E-state index in [9.17, 15) is 0 Å². The van der Waals surface area contributed by atoms with Gasteiger partial charge in [0.05, 0.1) is 0 Å². The van der Waals surface area contributed by atoms with E-state index >= 15 is 0 Å². The fraction of sp³-hybridized carbons (Fsp3) is 0.600. The van der Waals surface area contributed by atoms with Crippen LogP contribution in [-0.2, 0) is 6.54 Å². The number of hydrogen-bond donors (Lipinski definition) is 1. The quantitative estimate of drug-likeness (QED) is 0.898. The predicted molar refractivity (Wildman–Crippen MR) is 80.4 cm³/mol. The van der Waals surface area contributed by atoms with Crippen LogP contribution in [0.15, 0.2) is 24.3 Å². The molecule has 3 rings (SSSR count). The maximum absolute atomic E-state index is 3.56. The third kappa shape index (κ3) is 3.01. The number of rotatable bonds is 4. The number of thioether (sulfide) groups is 1. The molecule has 3 heteroatoms. The van der Waals surface area contributed by atoms with Crippen LogP contribution < -0.4 is 10.2 Å². The first-order valence-electron chi connectivity index (χ1n) is 6.99. The number of nitrogens with zero attached hydrogens (tertiary/aromatic N) is 1. The lowest BCUT2D eigenvalue weighted by atomic mass is 10.1. The minimum atomic E-state index is 0.666. The zero-order chi connectivity index (χ0) is 12.4. The Bertz CT molecular complexity index is 386. The van der Waals surface area contributed by atoms with E-state index in [-0.39, 0.29) is 0 Å². The summed E-state index contributed by atoms with van der Waals surface area (Å²) in [6, 6.07) is 10.6. The van der Waals surface area contributed by atoms with Crippen molar-refractivity contribution in [3.8, 4) is 0 Å². The number of hydrogen-bond acceptors (Lipinski definition) is 3. The molecular weight excluding hydrogens is 240 g/mol. The SMILES string of the molecule is CC1CSCCN1c1ccc(CNC2CC2)cc1. The van der Waals surface area contributed by atoms with Crippen LogP contribution in [-0.4, -0.2) is 30.1 Å². The van der Waals surface area contributed by atoms with Gasteiger partial charge in [-0.05, 0) is 37.5 Å². The Morgan fingerprint density at radius 1 is 1.28 bits per heavy atom. The Labute approximate surface area is 114 Å². The second kappa shape index (κ2) is 5.54. The van der Waals surface area contributed by atoms with Gasteiger partial charge in [-0.2, -0.15) is 11.8 Å².